The molecule has 0 bridgehead atoms. The Morgan fingerprint density at radius 1 is 1.25 bits per heavy atom. The number of hydrogen-bond acceptors (Lipinski definition) is 3. The van der Waals surface area contributed by atoms with Crippen molar-refractivity contribution in [3.63, 3.8) is 0 Å². The van der Waals surface area contributed by atoms with Crippen LogP contribution in [0, 0.1) is 0 Å². The Labute approximate surface area is 117 Å². The molecule has 0 N–H and O–H groups in total. The number of hydrogen-bond donors (Lipinski definition) is 0. The highest BCUT2D eigenvalue weighted by molar-refractivity contribution is 5.96. The molecule has 0 radical (unpaired) electrons. The van der Waals surface area contributed by atoms with Crippen molar-refractivity contribution in [3.05, 3.63) is 36.0 Å². The fourth-order valence-corrected chi connectivity index (χ4v) is 2.41. The van der Waals surface area contributed by atoms with Gasteiger partial charge in [-0.2, -0.15) is 0 Å². The van der Waals surface area contributed by atoms with Crippen molar-refractivity contribution in [1.82, 2.24) is 9.80 Å². The Kier molecular flexibility index (Phi) is 3.18. The van der Waals surface area contributed by atoms with Gasteiger partial charge in [-0.25, -0.2) is 4.79 Å². The molecule has 5 nitrogen and oxygen atoms in total. The zero-order valence-electron chi connectivity index (χ0n) is 11.3. The largest absolute Gasteiger partial charge is 0.420 e. The van der Waals surface area contributed by atoms with E-state index in [4.69, 9.17) is 4.74 Å². The molecule has 0 atom stereocenters. The SMILES string of the molecule is CCCCN1C=C2c3ccccc3OC(=O)N2CC1=O. The van der Waals surface area contributed by atoms with Gasteiger partial charge in [0.1, 0.15) is 12.3 Å². The molecule has 104 valence electrons. The molecule has 2 amide bonds. The van der Waals surface area contributed by atoms with Crippen molar-refractivity contribution in [1.29, 1.82) is 0 Å². The van der Waals surface area contributed by atoms with Gasteiger partial charge in [0.15, 0.2) is 0 Å². The third kappa shape index (κ3) is 2.05. The fourth-order valence-electron chi connectivity index (χ4n) is 2.41. The van der Waals surface area contributed by atoms with Crippen LogP contribution in [0.2, 0.25) is 0 Å². The molecule has 2 aliphatic heterocycles. The Bertz CT molecular complexity index is 595. The van der Waals surface area contributed by atoms with Gasteiger partial charge in [-0.05, 0) is 18.6 Å². The lowest BCUT2D eigenvalue weighted by atomic mass is 10.1. The molecule has 0 aliphatic carbocycles. The van der Waals surface area contributed by atoms with Gasteiger partial charge in [0.2, 0.25) is 5.91 Å². The highest BCUT2D eigenvalue weighted by atomic mass is 16.6. The van der Waals surface area contributed by atoms with Crippen molar-refractivity contribution >= 4 is 17.7 Å². The lowest BCUT2D eigenvalue weighted by molar-refractivity contribution is -0.129. The molecule has 0 saturated heterocycles. The molecule has 0 fully saturated rings. The minimum Gasteiger partial charge on any atom is -0.409 e. The molecule has 0 unspecified atom stereocenters. The number of fused-ring (bicyclic) bond motifs is 3. The molecule has 20 heavy (non-hydrogen) atoms. The molecule has 5 heteroatoms. The van der Waals surface area contributed by atoms with Crippen LogP contribution in [0.25, 0.3) is 5.70 Å². The second-order valence-corrected chi connectivity index (χ2v) is 4.91. The summed E-state index contributed by atoms with van der Waals surface area (Å²) in [5, 5.41) is 0. The summed E-state index contributed by atoms with van der Waals surface area (Å²) >= 11 is 0. The Balaban J connectivity index is 2.01. The zero-order chi connectivity index (χ0) is 14.1. The predicted molar refractivity (Wildman–Crippen MR) is 73.8 cm³/mol. The van der Waals surface area contributed by atoms with E-state index in [-0.39, 0.29) is 12.5 Å². The van der Waals surface area contributed by atoms with Gasteiger partial charge in [0.25, 0.3) is 0 Å². The summed E-state index contributed by atoms with van der Waals surface area (Å²) in [4.78, 5) is 27.1. The zero-order valence-corrected chi connectivity index (χ0v) is 11.3. The summed E-state index contributed by atoms with van der Waals surface area (Å²) in [5.74, 6) is 0.475. The molecule has 1 aromatic carbocycles. The minimum atomic E-state index is -0.488. The van der Waals surface area contributed by atoms with Crippen LogP contribution < -0.4 is 4.74 Å². The van der Waals surface area contributed by atoms with Crippen LogP contribution in [0.1, 0.15) is 25.3 Å². The van der Waals surface area contributed by atoms with Crippen LogP contribution in [-0.2, 0) is 4.79 Å². The highest BCUT2D eigenvalue weighted by Gasteiger charge is 2.35. The van der Waals surface area contributed by atoms with E-state index >= 15 is 0 Å². The first-order valence-electron chi connectivity index (χ1n) is 6.80. The maximum atomic E-state index is 12.0. The van der Waals surface area contributed by atoms with E-state index < -0.39 is 6.09 Å². The van der Waals surface area contributed by atoms with Crippen molar-refractivity contribution in [2.45, 2.75) is 19.8 Å². The quantitative estimate of drug-likeness (QED) is 0.849. The van der Waals surface area contributed by atoms with Crippen molar-refractivity contribution in [2.24, 2.45) is 0 Å². The van der Waals surface area contributed by atoms with Crippen LogP contribution in [0.5, 0.6) is 5.75 Å². The molecule has 0 saturated carbocycles. The van der Waals surface area contributed by atoms with E-state index in [0.717, 1.165) is 24.1 Å². The monoisotopic (exact) mass is 272 g/mol. The molecule has 2 aliphatic rings. The van der Waals surface area contributed by atoms with E-state index in [1.807, 2.05) is 18.2 Å². The second-order valence-electron chi connectivity index (χ2n) is 4.91. The predicted octanol–water partition coefficient (Wildman–Crippen LogP) is 2.44. The summed E-state index contributed by atoms with van der Waals surface area (Å²) in [7, 11) is 0. The van der Waals surface area contributed by atoms with Crippen LogP contribution in [-0.4, -0.2) is 34.9 Å². The highest BCUT2D eigenvalue weighted by Crippen LogP contribution is 2.35. The number of amides is 2. The van der Waals surface area contributed by atoms with Gasteiger partial charge < -0.3 is 9.64 Å². The van der Waals surface area contributed by atoms with Crippen LogP contribution in [0.4, 0.5) is 4.79 Å². The molecular formula is C15H16N2O3. The second kappa shape index (κ2) is 5.00. The van der Waals surface area contributed by atoms with Gasteiger partial charge in [-0.15, -0.1) is 0 Å². The molecular weight excluding hydrogens is 256 g/mol. The summed E-state index contributed by atoms with van der Waals surface area (Å²) < 4.78 is 5.24. The van der Waals surface area contributed by atoms with Gasteiger partial charge >= 0.3 is 6.09 Å². The third-order valence-corrected chi connectivity index (χ3v) is 3.52. The first kappa shape index (κ1) is 12.7. The van der Waals surface area contributed by atoms with Crippen molar-refractivity contribution in [2.75, 3.05) is 13.1 Å². The number of carbonyl (C=O) groups excluding carboxylic acids is 2. The van der Waals surface area contributed by atoms with Gasteiger partial charge in [0.05, 0.1) is 5.70 Å². The number of ether oxygens (including phenoxy) is 1. The number of unbranched alkanes of at least 4 members (excludes halogenated alkanes) is 1. The average molecular weight is 272 g/mol. The minimum absolute atomic E-state index is 0.0444. The van der Waals surface area contributed by atoms with E-state index in [0.29, 0.717) is 12.3 Å². The topological polar surface area (TPSA) is 49.9 Å². The number of carbonyl (C=O) groups is 2. The smallest absolute Gasteiger partial charge is 0.409 e. The Hall–Kier alpha value is -2.30. The van der Waals surface area contributed by atoms with Crippen LogP contribution >= 0.6 is 0 Å². The first-order valence-corrected chi connectivity index (χ1v) is 6.80. The van der Waals surface area contributed by atoms with E-state index in [2.05, 4.69) is 6.92 Å². The maximum absolute atomic E-state index is 12.0. The number of rotatable bonds is 3. The lowest BCUT2D eigenvalue weighted by Crippen LogP contribution is -2.47. The number of benzene rings is 1. The molecule has 1 aromatic rings. The van der Waals surface area contributed by atoms with E-state index in [1.165, 1.54) is 4.90 Å². The average Bonchev–Trinajstić information content (AvgIpc) is 2.46. The number of nitrogens with zero attached hydrogens (tertiary/aromatic N) is 2. The first-order chi connectivity index (χ1) is 9.70. The summed E-state index contributed by atoms with van der Waals surface area (Å²) in [6.07, 6.45) is 3.25. The molecule has 0 spiro atoms. The Morgan fingerprint density at radius 2 is 2.05 bits per heavy atom. The van der Waals surface area contributed by atoms with Crippen molar-refractivity contribution < 1.29 is 14.3 Å². The summed E-state index contributed by atoms with van der Waals surface area (Å²) in [6.45, 7) is 2.81. The summed E-state index contributed by atoms with van der Waals surface area (Å²) in [6, 6.07) is 7.38. The maximum Gasteiger partial charge on any atom is 0.420 e. The molecule has 2 heterocycles. The lowest BCUT2D eigenvalue weighted by Gasteiger charge is -2.36. The normalized spacial score (nSPS) is 17.4. The van der Waals surface area contributed by atoms with E-state index in [1.54, 1.807) is 17.2 Å². The van der Waals surface area contributed by atoms with Gasteiger partial charge in [-0.3, -0.25) is 9.69 Å². The van der Waals surface area contributed by atoms with Crippen molar-refractivity contribution in [3.8, 4) is 5.75 Å². The standard InChI is InChI=1S/C15H16N2O3/c1-2-3-8-16-9-12-11-6-4-5-7-13(11)20-15(19)17(12)10-14(16)18/h4-7,9H,2-3,8,10H2,1H3. The molecule has 3 rings (SSSR count). The fraction of sp³-hybridized carbons (Fsp3) is 0.333. The van der Waals surface area contributed by atoms with Crippen LogP contribution in [0.15, 0.2) is 30.5 Å². The molecule has 0 aromatic heterocycles. The Morgan fingerprint density at radius 3 is 2.85 bits per heavy atom. The summed E-state index contributed by atoms with van der Waals surface area (Å²) in [5.41, 5.74) is 1.59. The van der Waals surface area contributed by atoms with Gasteiger partial charge in [0, 0.05) is 18.3 Å². The van der Waals surface area contributed by atoms with E-state index in [9.17, 15) is 9.59 Å². The number of para-hydroxylation sites is 1. The third-order valence-electron chi connectivity index (χ3n) is 3.52. The van der Waals surface area contributed by atoms with Crippen LogP contribution in [0.3, 0.4) is 0 Å². The van der Waals surface area contributed by atoms with Gasteiger partial charge in [-0.1, -0.05) is 25.5 Å².